The van der Waals surface area contributed by atoms with Gasteiger partial charge in [-0.2, -0.15) is 0 Å². The molecule has 0 aliphatic rings. The molecule has 2 N–H and O–H groups in total. The number of sulfonamides is 1. The normalized spacial score (nSPS) is 11.9. The zero-order valence-corrected chi connectivity index (χ0v) is 17.5. The van der Waals surface area contributed by atoms with Gasteiger partial charge in [0.1, 0.15) is 0 Å². The van der Waals surface area contributed by atoms with Crippen LogP contribution in [0.1, 0.15) is 17.3 Å². The zero-order chi connectivity index (χ0) is 23.0. The molecule has 11 nitrogen and oxygen atoms in total. The first-order chi connectivity index (χ1) is 14.6. The number of nitro groups is 1. The van der Waals surface area contributed by atoms with Gasteiger partial charge in [-0.3, -0.25) is 19.6 Å². The Morgan fingerprint density at radius 3 is 2.55 bits per heavy atom. The number of rotatable bonds is 10. The van der Waals surface area contributed by atoms with E-state index in [-0.39, 0.29) is 28.8 Å². The van der Waals surface area contributed by atoms with Gasteiger partial charge in [-0.05, 0) is 25.1 Å². The zero-order valence-electron chi connectivity index (χ0n) is 16.7. The topological polar surface area (TPSA) is 154 Å². The third kappa shape index (κ3) is 6.76. The SMILES string of the molecule is COCC(C)NC(=O)COC(=O)c1ccccc1NS(=O)(=O)c1cccc([N+](=O)[O-])c1. The number of hydrogen-bond donors (Lipinski definition) is 2. The van der Waals surface area contributed by atoms with Crippen molar-refractivity contribution in [1.82, 2.24) is 5.32 Å². The van der Waals surface area contributed by atoms with Gasteiger partial charge in [0, 0.05) is 25.3 Å². The average Bonchev–Trinajstić information content (AvgIpc) is 2.72. The number of benzene rings is 2. The van der Waals surface area contributed by atoms with Crippen LogP contribution in [0.4, 0.5) is 11.4 Å². The summed E-state index contributed by atoms with van der Waals surface area (Å²) in [5.74, 6) is -1.47. The fraction of sp³-hybridized carbons (Fsp3) is 0.263. The maximum atomic E-state index is 12.6. The van der Waals surface area contributed by atoms with Crippen LogP contribution < -0.4 is 10.0 Å². The Kier molecular flexibility index (Phi) is 8.05. The second-order valence-corrected chi connectivity index (χ2v) is 8.09. The molecule has 0 heterocycles. The van der Waals surface area contributed by atoms with Crippen LogP contribution in [0.15, 0.2) is 53.4 Å². The monoisotopic (exact) mass is 451 g/mol. The van der Waals surface area contributed by atoms with Crippen molar-refractivity contribution in [2.24, 2.45) is 0 Å². The Balaban J connectivity index is 2.14. The molecule has 2 aromatic carbocycles. The highest BCUT2D eigenvalue weighted by atomic mass is 32.2. The van der Waals surface area contributed by atoms with Gasteiger partial charge in [0.2, 0.25) is 0 Å². The Labute approximate surface area is 178 Å². The average molecular weight is 451 g/mol. The number of amides is 1. The molecule has 12 heteroatoms. The lowest BCUT2D eigenvalue weighted by Gasteiger charge is -2.14. The molecular weight excluding hydrogens is 430 g/mol. The maximum Gasteiger partial charge on any atom is 0.340 e. The van der Waals surface area contributed by atoms with Gasteiger partial charge in [0.25, 0.3) is 21.6 Å². The molecule has 31 heavy (non-hydrogen) atoms. The molecule has 2 aromatic rings. The van der Waals surface area contributed by atoms with Crippen molar-refractivity contribution in [1.29, 1.82) is 0 Å². The van der Waals surface area contributed by atoms with Crippen LogP contribution >= 0.6 is 0 Å². The van der Waals surface area contributed by atoms with E-state index in [1.54, 1.807) is 6.92 Å². The molecule has 1 atom stereocenters. The fourth-order valence-corrected chi connectivity index (χ4v) is 3.65. The van der Waals surface area contributed by atoms with Gasteiger partial charge >= 0.3 is 5.97 Å². The molecule has 0 bridgehead atoms. The second-order valence-electron chi connectivity index (χ2n) is 6.41. The number of nitro benzene ring substituents is 1. The Morgan fingerprint density at radius 1 is 1.16 bits per heavy atom. The summed E-state index contributed by atoms with van der Waals surface area (Å²) in [7, 11) is -2.75. The van der Waals surface area contributed by atoms with Crippen molar-refractivity contribution in [2.75, 3.05) is 25.0 Å². The van der Waals surface area contributed by atoms with E-state index >= 15 is 0 Å². The summed E-state index contributed by atoms with van der Waals surface area (Å²) in [5, 5.41) is 13.5. The second kappa shape index (κ2) is 10.5. The summed E-state index contributed by atoms with van der Waals surface area (Å²) in [5.41, 5.74) is -0.634. The quantitative estimate of drug-likeness (QED) is 0.314. The van der Waals surface area contributed by atoms with E-state index in [0.29, 0.717) is 0 Å². The largest absolute Gasteiger partial charge is 0.452 e. The first-order valence-electron chi connectivity index (χ1n) is 8.95. The molecule has 166 valence electrons. The molecule has 1 unspecified atom stereocenters. The minimum Gasteiger partial charge on any atom is -0.452 e. The molecule has 0 aliphatic carbocycles. The summed E-state index contributed by atoms with van der Waals surface area (Å²) >= 11 is 0. The first-order valence-corrected chi connectivity index (χ1v) is 10.4. The smallest absolute Gasteiger partial charge is 0.340 e. The van der Waals surface area contributed by atoms with Crippen molar-refractivity contribution in [3.05, 3.63) is 64.2 Å². The summed E-state index contributed by atoms with van der Waals surface area (Å²) < 4.78 is 37.4. The summed E-state index contributed by atoms with van der Waals surface area (Å²) in [6, 6.07) is 9.80. The van der Waals surface area contributed by atoms with Gasteiger partial charge in [-0.15, -0.1) is 0 Å². The number of ether oxygens (including phenoxy) is 2. The number of non-ortho nitro benzene ring substituents is 1. The van der Waals surface area contributed by atoms with Crippen molar-refractivity contribution >= 4 is 33.3 Å². The van der Waals surface area contributed by atoms with Crippen molar-refractivity contribution < 1.29 is 32.4 Å². The lowest BCUT2D eigenvalue weighted by molar-refractivity contribution is -0.385. The molecule has 2 rings (SSSR count). The predicted molar refractivity (Wildman–Crippen MR) is 110 cm³/mol. The van der Waals surface area contributed by atoms with Crippen LogP contribution in [-0.4, -0.2) is 51.6 Å². The number of methoxy groups -OCH3 is 1. The molecule has 1 amide bonds. The molecular formula is C19H21N3O8S. The molecule has 0 radical (unpaired) electrons. The molecule has 0 spiro atoms. The molecule has 0 saturated carbocycles. The van der Waals surface area contributed by atoms with Crippen molar-refractivity contribution in [3.8, 4) is 0 Å². The lowest BCUT2D eigenvalue weighted by Crippen LogP contribution is -2.38. The van der Waals surface area contributed by atoms with Crippen LogP contribution in [-0.2, 0) is 24.3 Å². The Morgan fingerprint density at radius 2 is 1.87 bits per heavy atom. The Hall–Kier alpha value is -3.51. The van der Waals surface area contributed by atoms with E-state index in [1.807, 2.05) is 0 Å². The first kappa shape index (κ1) is 23.8. The highest BCUT2D eigenvalue weighted by molar-refractivity contribution is 7.92. The molecule has 0 saturated heterocycles. The van der Waals surface area contributed by atoms with Gasteiger partial charge < -0.3 is 14.8 Å². The number of para-hydroxylation sites is 1. The number of carbonyl (C=O) groups is 2. The Bertz CT molecular complexity index is 1070. The van der Waals surface area contributed by atoms with Crippen LogP contribution in [0.25, 0.3) is 0 Å². The summed E-state index contributed by atoms with van der Waals surface area (Å²) in [6.45, 7) is 1.42. The third-order valence-electron chi connectivity index (χ3n) is 3.89. The number of anilines is 1. The number of carbonyl (C=O) groups excluding carboxylic acids is 2. The summed E-state index contributed by atoms with van der Waals surface area (Å²) in [6.07, 6.45) is 0. The van der Waals surface area contributed by atoms with Gasteiger partial charge in [-0.1, -0.05) is 18.2 Å². The van der Waals surface area contributed by atoms with Crippen LogP contribution in [0.5, 0.6) is 0 Å². The van der Waals surface area contributed by atoms with E-state index < -0.39 is 39.1 Å². The molecule has 0 aromatic heterocycles. The van der Waals surface area contributed by atoms with Crippen LogP contribution in [0, 0.1) is 10.1 Å². The van der Waals surface area contributed by atoms with Crippen molar-refractivity contribution in [2.45, 2.75) is 17.9 Å². The molecule has 0 fully saturated rings. The van der Waals surface area contributed by atoms with E-state index in [4.69, 9.17) is 9.47 Å². The lowest BCUT2D eigenvalue weighted by atomic mass is 10.2. The minimum absolute atomic E-state index is 0.104. The number of hydrogen-bond acceptors (Lipinski definition) is 8. The highest BCUT2D eigenvalue weighted by Crippen LogP contribution is 2.23. The van der Waals surface area contributed by atoms with Crippen molar-refractivity contribution in [3.63, 3.8) is 0 Å². The predicted octanol–water partition coefficient (Wildman–Crippen LogP) is 1.70. The maximum absolute atomic E-state index is 12.6. The highest BCUT2D eigenvalue weighted by Gasteiger charge is 2.22. The molecule has 0 aliphatic heterocycles. The van der Waals surface area contributed by atoms with E-state index in [0.717, 1.165) is 12.1 Å². The number of nitrogens with one attached hydrogen (secondary N) is 2. The number of nitrogens with zero attached hydrogens (tertiary/aromatic N) is 1. The van der Waals surface area contributed by atoms with Gasteiger partial charge in [0.15, 0.2) is 6.61 Å². The van der Waals surface area contributed by atoms with Crippen LogP contribution in [0.2, 0.25) is 0 Å². The standard InChI is InChI=1S/C19H21N3O8S/c1-13(11-29-2)20-18(23)12-30-19(24)16-8-3-4-9-17(16)21-31(27,28)15-7-5-6-14(10-15)22(25)26/h3-10,13,21H,11-12H2,1-2H3,(H,20,23). The van der Waals surface area contributed by atoms with Crippen LogP contribution in [0.3, 0.4) is 0 Å². The van der Waals surface area contributed by atoms with Gasteiger partial charge in [0.05, 0.1) is 27.7 Å². The van der Waals surface area contributed by atoms with E-state index in [1.165, 1.54) is 43.5 Å². The number of esters is 1. The van der Waals surface area contributed by atoms with E-state index in [2.05, 4.69) is 10.0 Å². The minimum atomic E-state index is -4.23. The van der Waals surface area contributed by atoms with Gasteiger partial charge in [-0.25, -0.2) is 13.2 Å². The third-order valence-corrected chi connectivity index (χ3v) is 5.25. The summed E-state index contributed by atoms with van der Waals surface area (Å²) in [4.78, 5) is 34.1. The van der Waals surface area contributed by atoms with E-state index in [9.17, 15) is 28.1 Å². The fourth-order valence-electron chi connectivity index (χ4n) is 2.54.